The van der Waals surface area contributed by atoms with Gasteiger partial charge in [0.25, 0.3) is 0 Å². The van der Waals surface area contributed by atoms with E-state index in [2.05, 4.69) is 19.9 Å². The molecule has 1 aliphatic heterocycles. The maximum Gasteiger partial charge on any atom is 0.200 e. The zero-order valence-corrected chi connectivity index (χ0v) is 21.3. The monoisotopic (exact) mass is 488 g/mol. The van der Waals surface area contributed by atoms with Crippen molar-refractivity contribution < 1.29 is 24.5 Å². The van der Waals surface area contributed by atoms with E-state index in [-0.39, 0.29) is 51.4 Å². The minimum absolute atomic E-state index is 0.0642. The molecule has 1 aromatic heterocycles. The van der Waals surface area contributed by atoms with Crippen LogP contribution in [0.15, 0.2) is 62.9 Å². The average Bonchev–Trinajstić information content (AvgIpc) is 2.77. The SMILES string of the molecule is CC(C)=CCCC(C)=CCc1c(-c2ccc(O)cc2O)oc2cc3c(c(O)c2c1=O)C=CC(C)(C)O3. The minimum atomic E-state index is -0.584. The van der Waals surface area contributed by atoms with E-state index in [4.69, 9.17) is 9.15 Å². The minimum Gasteiger partial charge on any atom is -0.508 e. The molecule has 4 rings (SSSR count). The number of aromatic hydroxyl groups is 3. The smallest absolute Gasteiger partial charge is 0.200 e. The largest absolute Gasteiger partial charge is 0.508 e. The lowest BCUT2D eigenvalue weighted by molar-refractivity contribution is 0.158. The van der Waals surface area contributed by atoms with E-state index in [1.807, 2.05) is 32.9 Å². The fraction of sp³-hybridized carbons (Fsp3) is 0.300. The fourth-order valence-electron chi connectivity index (χ4n) is 4.29. The molecule has 2 aromatic carbocycles. The highest BCUT2D eigenvalue weighted by Crippen LogP contribution is 2.43. The van der Waals surface area contributed by atoms with Crippen molar-refractivity contribution in [2.75, 3.05) is 0 Å². The lowest BCUT2D eigenvalue weighted by Gasteiger charge is -2.28. The first-order valence-corrected chi connectivity index (χ1v) is 12.0. The van der Waals surface area contributed by atoms with Gasteiger partial charge in [0.1, 0.15) is 45.3 Å². The summed E-state index contributed by atoms with van der Waals surface area (Å²) in [6.45, 7) is 9.90. The Morgan fingerprint density at radius 1 is 1.06 bits per heavy atom. The fourth-order valence-corrected chi connectivity index (χ4v) is 4.29. The third kappa shape index (κ3) is 5.03. The number of hydrogen-bond donors (Lipinski definition) is 3. The molecule has 6 heteroatoms. The molecule has 6 nitrogen and oxygen atoms in total. The van der Waals surface area contributed by atoms with Gasteiger partial charge >= 0.3 is 0 Å². The van der Waals surface area contributed by atoms with E-state index in [0.29, 0.717) is 16.9 Å². The number of benzene rings is 2. The summed E-state index contributed by atoms with van der Waals surface area (Å²) < 4.78 is 12.2. The van der Waals surface area contributed by atoms with Gasteiger partial charge in [-0.1, -0.05) is 23.3 Å². The molecule has 0 unspecified atom stereocenters. The molecule has 36 heavy (non-hydrogen) atoms. The van der Waals surface area contributed by atoms with Gasteiger partial charge in [0.05, 0.1) is 11.1 Å². The van der Waals surface area contributed by atoms with Crippen LogP contribution in [-0.2, 0) is 6.42 Å². The number of phenolic OH excluding ortho intramolecular Hbond substituents is 3. The Kier molecular flexibility index (Phi) is 6.72. The maximum absolute atomic E-state index is 13.8. The van der Waals surface area contributed by atoms with Gasteiger partial charge in [0, 0.05) is 17.7 Å². The Hall–Kier alpha value is -3.93. The second-order valence-corrected chi connectivity index (χ2v) is 10.1. The normalized spacial score (nSPS) is 14.4. The molecule has 0 bridgehead atoms. The molecule has 0 aliphatic carbocycles. The summed E-state index contributed by atoms with van der Waals surface area (Å²) >= 11 is 0. The van der Waals surface area contributed by atoms with Gasteiger partial charge < -0.3 is 24.5 Å². The van der Waals surface area contributed by atoms with E-state index in [1.54, 1.807) is 12.1 Å². The average molecular weight is 489 g/mol. The molecule has 0 saturated carbocycles. The van der Waals surface area contributed by atoms with E-state index < -0.39 is 5.60 Å². The van der Waals surface area contributed by atoms with Gasteiger partial charge in [0.15, 0.2) is 0 Å². The molecule has 2 heterocycles. The van der Waals surface area contributed by atoms with Crippen LogP contribution in [0.5, 0.6) is 23.0 Å². The van der Waals surface area contributed by atoms with Gasteiger partial charge in [-0.05, 0) is 78.2 Å². The van der Waals surface area contributed by atoms with E-state index >= 15 is 0 Å². The molecule has 0 fully saturated rings. The van der Waals surface area contributed by atoms with Crippen LogP contribution in [0.1, 0.15) is 58.6 Å². The molecule has 0 radical (unpaired) electrons. The molecule has 0 atom stereocenters. The Balaban J connectivity index is 1.91. The molecule has 3 N–H and O–H groups in total. The Bertz CT molecular complexity index is 1480. The second kappa shape index (κ2) is 9.61. The Labute approximate surface area is 210 Å². The van der Waals surface area contributed by atoms with Crippen molar-refractivity contribution in [1.82, 2.24) is 0 Å². The predicted molar refractivity (Wildman–Crippen MR) is 143 cm³/mol. The summed E-state index contributed by atoms with van der Waals surface area (Å²) in [6, 6.07) is 5.72. The van der Waals surface area contributed by atoms with Gasteiger partial charge in [-0.25, -0.2) is 0 Å². The molecule has 0 saturated heterocycles. The van der Waals surface area contributed by atoms with Crippen LogP contribution in [0.25, 0.3) is 28.4 Å². The molecule has 0 spiro atoms. The number of allylic oxidation sites excluding steroid dienone is 4. The van der Waals surface area contributed by atoms with E-state index in [9.17, 15) is 20.1 Å². The summed E-state index contributed by atoms with van der Waals surface area (Å²) in [6.07, 6.45) is 9.71. The van der Waals surface area contributed by atoms with E-state index in [1.165, 1.54) is 23.8 Å². The summed E-state index contributed by atoms with van der Waals surface area (Å²) in [5, 5.41) is 31.5. The summed E-state index contributed by atoms with van der Waals surface area (Å²) in [4.78, 5) is 13.8. The first-order chi connectivity index (χ1) is 17.0. The first-order valence-electron chi connectivity index (χ1n) is 12.0. The number of rotatable bonds is 6. The molecule has 3 aromatic rings. The van der Waals surface area contributed by atoms with Gasteiger partial charge in [-0.15, -0.1) is 0 Å². The van der Waals surface area contributed by atoms with Gasteiger partial charge in [-0.2, -0.15) is 0 Å². The van der Waals surface area contributed by atoms with Crippen LogP contribution in [0.2, 0.25) is 0 Å². The van der Waals surface area contributed by atoms with E-state index in [0.717, 1.165) is 18.4 Å². The van der Waals surface area contributed by atoms with Crippen molar-refractivity contribution in [2.24, 2.45) is 0 Å². The first kappa shape index (κ1) is 25.2. The highest BCUT2D eigenvalue weighted by Gasteiger charge is 2.28. The standard InChI is InChI=1S/C30H32O6/c1-17(2)7-6-8-18(3)9-11-22-28(34)26-25(35-29(22)20-12-10-19(31)15-23(20)32)16-24-21(27(26)33)13-14-30(4,5)36-24/h7,9-10,12-16,31-33H,6,8,11H2,1-5H3. The maximum atomic E-state index is 13.8. The zero-order valence-electron chi connectivity index (χ0n) is 21.3. The summed E-state index contributed by atoms with van der Waals surface area (Å²) in [7, 11) is 0. The molecular formula is C30H32O6. The van der Waals surface area contributed by atoms with Crippen molar-refractivity contribution in [3.63, 3.8) is 0 Å². The van der Waals surface area contributed by atoms with Crippen molar-refractivity contribution >= 4 is 17.0 Å². The Morgan fingerprint density at radius 3 is 2.50 bits per heavy atom. The number of hydrogen-bond acceptors (Lipinski definition) is 6. The highest BCUT2D eigenvalue weighted by molar-refractivity contribution is 5.92. The van der Waals surface area contributed by atoms with Crippen LogP contribution in [0.3, 0.4) is 0 Å². The highest BCUT2D eigenvalue weighted by atomic mass is 16.5. The van der Waals surface area contributed by atoms with Crippen molar-refractivity contribution in [3.8, 4) is 34.3 Å². The Morgan fingerprint density at radius 2 is 1.81 bits per heavy atom. The zero-order chi connectivity index (χ0) is 26.2. The van der Waals surface area contributed by atoms with Crippen molar-refractivity contribution in [2.45, 2.75) is 59.5 Å². The predicted octanol–water partition coefficient (Wildman–Crippen LogP) is 7.00. The third-order valence-corrected chi connectivity index (χ3v) is 6.25. The lowest BCUT2D eigenvalue weighted by atomic mass is 9.96. The molecule has 1 aliphatic rings. The van der Waals surface area contributed by atoms with Crippen LogP contribution < -0.4 is 10.2 Å². The third-order valence-electron chi connectivity index (χ3n) is 6.25. The molecule has 0 amide bonds. The lowest BCUT2D eigenvalue weighted by Crippen LogP contribution is -2.27. The summed E-state index contributed by atoms with van der Waals surface area (Å²) in [5.74, 6) is 0.0631. The number of ether oxygens (including phenoxy) is 1. The van der Waals surface area contributed by atoms with Crippen LogP contribution in [-0.4, -0.2) is 20.9 Å². The van der Waals surface area contributed by atoms with Crippen LogP contribution in [0, 0.1) is 0 Å². The van der Waals surface area contributed by atoms with Gasteiger partial charge in [0.2, 0.25) is 5.43 Å². The van der Waals surface area contributed by atoms with Crippen LogP contribution in [0.4, 0.5) is 0 Å². The quantitative estimate of drug-likeness (QED) is 0.323. The van der Waals surface area contributed by atoms with Gasteiger partial charge in [-0.3, -0.25) is 4.79 Å². The van der Waals surface area contributed by atoms with Crippen LogP contribution >= 0.6 is 0 Å². The topological polar surface area (TPSA) is 100 Å². The van der Waals surface area contributed by atoms with Crippen molar-refractivity contribution in [1.29, 1.82) is 0 Å². The number of phenols is 3. The second-order valence-electron chi connectivity index (χ2n) is 10.1. The van der Waals surface area contributed by atoms with Crippen molar-refractivity contribution in [3.05, 3.63) is 75.0 Å². The molecule has 188 valence electrons. The molecular weight excluding hydrogens is 456 g/mol. The summed E-state index contributed by atoms with van der Waals surface area (Å²) in [5.41, 5.74) is 2.55. The number of fused-ring (bicyclic) bond motifs is 2.